The Balaban J connectivity index is 1.38. The highest BCUT2D eigenvalue weighted by molar-refractivity contribution is 5.96. The van der Waals surface area contributed by atoms with Crippen LogP contribution in [0.2, 0.25) is 0 Å². The molecule has 6 nitrogen and oxygen atoms in total. The number of furan rings is 2. The molecule has 0 aliphatic carbocycles. The molecule has 2 aromatic carbocycles. The van der Waals surface area contributed by atoms with Crippen LogP contribution in [0.25, 0.3) is 21.9 Å². The average molecular weight is 377 g/mol. The molecule has 0 saturated heterocycles. The minimum absolute atomic E-state index is 0.110. The Morgan fingerprint density at radius 2 is 1.75 bits per heavy atom. The van der Waals surface area contributed by atoms with Crippen molar-refractivity contribution in [3.05, 3.63) is 71.7 Å². The summed E-state index contributed by atoms with van der Waals surface area (Å²) in [6.45, 7) is 3.19. The lowest BCUT2D eigenvalue weighted by Gasteiger charge is -2.11. The average Bonchev–Trinajstić information content (AvgIpc) is 3.28. The van der Waals surface area contributed by atoms with Crippen LogP contribution in [0.3, 0.4) is 0 Å². The molecule has 1 amide bonds. The SMILES string of the molecule is Cc1c(C(=O)OCC(=O)N[C@H](C)c2cc3ccccc3o2)oc2ccccc12. The molecule has 1 N–H and O–H groups in total. The number of carbonyl (C=O) groups excluding carboxylic acids is 2. The van der Waals surface area contributed by atoms with E-state index < -0.39 is 18.5 Å². The Bertz CT molecular complexity index is 1140. The van der Waals surface area contributed by atoms with E-state index in [4.69, 9.17) is 13.6 Å². The summed E-state index contributed by atoms with van der Waals surface area (Å²) >= 11 is 0. The highest BCUT2D eigenvalue weighted by Crippen LogP contribution is 2.26. The van der Waals surface area contributed by atoms with Gasteiger partial charge < -0.3 is 18.9 Å². The Kier molecular flexibility index (Phi) is 4.61. The van der Waals surface area contributed by atoms with Crippen LogP contribution >= 0.6 is 0 Å². The number of benzene rings is 2. The van der Waals surface area contributed by atoms with E-state index in [9.17, 15) is 9.59 Å². The topological polar surface area (TPSA) is 81.7 Å². The summed E-state index contributed by atoms with van der Waals surface area (Å²) in [6.07, 6.45) is 0. The van der Waals surface area contributed by atoms with Crippen molar-refractivity contribution in [3.63, 3.8) is 0 Å². The van der Waals surface area contributed by atoms with Crippen molar-refractivity contribution in [2.75, 3.05) is 6.61 Å². The van der Waals surface area contributed by atoms with Crippen molar-refractivity contribution in [3.8, 4) is 0 Å². The van der Waals surface area contributed by atoms with Crippen LogP contribution in [-0.4, -0.2) is 18.5 Å². The molecule has 0 spiro atoms. The van der Waals surface area contributed by atoms with Gasteiger partial charge in [-0.3, -0.25) is 4.79 Å². The number of ether oxygens (including phenoxy) is 1. The fraction of sp³-hybridized carbons (Fsp3) is 0.182. The first kappa shape index (κ1) is 17.9. The third-order valence-electron chi connectivity index (χ3n) is 4.61. The van der Waals surface area contributed by atoms with Gasteiger partial charge in [0.15, 0.2) is 6.61 Å². The molecule has 0 aliphatic rings. The first-order chi connectivity index (χ1) is 13.5. The van der Waals surface area contributed by atoms with Crippen molar-refractivity contribution in [2.45, 2.75) is 19.9 Å². The molecule has 28 heavy (non-hydrogen) atoms. The minimum atomic E-state index is -0.666. The number of fused-ring (bicyclic) bond motifs is 2. The van der Waals surface area contributed by atoms with Crippen molar-refractivity contribution in [1.29, 1.82) is 0 Å². The molecule has 4 aromatic rings. The van der Waals surface area contributed by atoms with Gasteiger partial charge >= 0.3 is 5.97 Å². The zero-order valence-electron chi connectivity index (χ0n) is 15.5. The van der Waals surface area contributed by atoms with Crippen LogP contribution in [0.4, 0.5) is 0 Å². The lowest BCUT2D eigenvalue weighted by atomic mass is 10.1. The highest BCUT2D eigenvalue weighted by atomic mass is 16.5. The molecule has 4 rings (SSSR count). The Labute approximate surface area is 161 Å². The highest BCUT2D eigenvalue weighted by Gasteiger charge is 2.21. The summed E-state index contributed by atoms with van der Waals surface area (Å²) in [4.78, 5) is 24.5. The summed E-state index contributed by atoms with van der Waals surface area (Å²) in [5.41, 5.74) is 2.05. The molecule has 2 heterocycles. The summed E-state index contributed by atoms with van der Waals surface area (Å²) < 4.78 is 16.4. The maximum absolute atomic E-state index is 12.3. The van der Waals surface area contributed by atoms with Crippen molar-refractivity contribution in [2.24, 2.45) is 0 Å². The summed E-state index contributed by atoms with van der Waals surface area (Å²) in [5.74, 6) is -0.344. The van der Waals surface area contributed by atoms with E-state index in [2.05, 4.69) is 5.32 Å². The standard InChI is InChI=1S/C22H19NO5/c1-13-16-8-4-6-10-18(16)28-21(13)22(25)26-12-20(24)23-14(2)19-11-15-7-3-5-9-17(15)27-19/h3-11,14H,12H2,1-2H3,(H,23,24)/t14-/m1/s1. The fourth-order valence-corrected chi connectivity index (χ4v) is 3.14. The van der Waals surface area contributed by atoms with E-state index in [0.717, 1.165) is 16.4 Å². The van der Waals surface area contributed by atoms with Gasteiger partial charge in [0.2, 0.25) is 5.76 Å². The molecule has 6 heteroatoms. The van der Waals surface area contributed by atoms with Gasteiger partial charge in [0.25, 0.3) is 5.91 Å². The number of carbonyl (C=O) groups is 2. The van der Waals surface area contributed by atoms with E-state index in [-0.39, 0.29) is 11.8 Å². The number of rotatable bonds is 5. The van der Waals surface area contributed by atoms with Crippen LogP contribution in [0.5, 0.6) is 0 Å². The van der Waals surface area contributed by atoms with Gasteiger partial charge in [0, 0.05) is 16.3 Å². The molecule has 0 radical (unpaired) electrons. The number of nitrogens with one attached hydrogen (secondary N) is 1. The second kappa shape index (κ2) is 7.23. The molecule has 0 aliphatic heterocycles. The first-order valence-electron chi connectivity index (χ1n) is 8.96. The second-order valence-electron chi connectivity index (χ2n) is 6.60. The quantitative estimate of drug-likeness (QED) is 0.517. The van der Waals surface area contributed by atoms with Gasteiger partial charge in [-0.15, -0.1) is 0 Å². The number of hydrogen-bond donors (Lipinski definition) is 1. The van der Waals surface area contributed by atoms with Crippen molar-refractivity contribution >= 4 is 33.8 Å². The smallest absolute Gasteiger partial charge is 0.375 e. The molecular weight excluding hydrogens is 358 g/mol. The monoisotopic (exact) mass is 377 g/mol. The van der Waals surface area contributed by atoms with E-state index in [0.29, 0.717) is 16.9 Å². The minimum Gasteiger partial charge on any atom is -0.459 e. The number of hydrogen-bond acceptors (Lipinski definition) is 5. The largest absolute Gasteiger partial charge is 0.459 e. The van der Waals surface area contributed by atoms with Gasteiger partial charge in [-0.2, -0.15) is 0 Å². The maximum atomic E-state index is 12.3. The Hall–Kier alpha value is -3.54. The second-order valence-corrected chi connectivity index (χ2v) is 6.60. The molecule has 1 atom stereocenters. The molecule has 2 aromatic heterocycles. The molecule has 0 fully saturated rings. The Morgan fingerprint density at radius 1 is 1.04 bits per heavy atom. The normalized spacial score (nSPS) is 12.2. The van der Waals surface area contributed by atoms with Crippen molar-refractivity contribution < 1.29 is 23.2 Å². The lowest BCUT2D eigenvalue weighted by molar-refractivity contribution is -0.125. The Morgan fingerprint density at radius 3 is 2.50 bits per heavy atom. The molecule has 142 valence electrons. The number of aryl methyl sites for hydroxylation is 1. The summed E-state index contributed by atoms with van der Waals surface area (Å²) in [7, 11) is 0. The van der Waals surface area contributed by atoms with Crippen LogP contribution in [0, 0.1) is 6.92 Å². The number of esters is 1. The van der Waals surface area contributed by atoms with Crippen molar-refractivity contribution in [1.82, 2.24) is 5.32 Å². The predicted octanol–water partition coefficient (Wildman–Crippen LogP) is 4.52. The molecule has 0 bridgehead atoms. The number of para-hydroxylation sites is 2. The third-order valence-corrected chi connectivity index (χ3v) is 4.61. The molecule has 0 unspecified atom stereocenters. The third kappa shape index (κ3) is 3.36. The zero-order chi connectivity index (χ0) is 19.7. The van der Waals surface area contributed by atoms with Crippen LogP contribution in [0.1, 0.15) is 34.8 Å². The summed E-state index contributed by atoms with van der Waals surface area (Å²) in [6, 6.07) is 16.5. The van der Waals surface area contributed by atoms with Crippen LogP contribution < -0.4 is 5.32 Å². The van der Waals surface area contributed by atoms with Gasteiger partial charge in [0.05, 0.1) is 6.04 Å². The fourth-order valence-electron chi connectivity index (χ4n) is 3.14. The predicted molar refractivity (Wildman–Crippen MR) is 104 cm³/mol. The molecule has 0 saturated carbocycles. The van der Waals surface area contributed by atoms with Crippen LogP contribution in [-0.2, 0) is 9.53 Å². The lowest BCUT2D eigenvalue weighted by Crippen LogP contribution is -2.31. The van der Waals surface area contributed by atoms with Crippen LogP contribution in [0.15, 0.2) is 63.4 Å². The van der Waals surface area contributed by atoms with Gasteiger partial charge in [-0.05, 0) is 32.0 Å². The van der Waals surface area contributed by atoms with Gasteiger partial charge in [-0.25, -0.2) is 4.79 Å². The number of amides is 1. The van der Waals surface area contributed by atoms with E-state index >= 15 is 0 Å². The van der Waals surface area contributed by atoms with E-state index in [1.807, 2.05) is 48.5 Å². The maximum Gasteiger partial charge on any atom is 0.375 e. The zero-order valence-corrected chi connectivity index (χ0v) is 15.5. The van der Waals surface area contributed by atoms with E-state index in [1.165, 1.54) is 0 Å². The first-order valence-corrected chi connectivity index (χ1v) is 8.96. The summed E-state index contributed by atoms with van der Waals surface area (Å²) in [5, 5.41) is 4.57. The van der Waals surface area contributed by atoms with Gasteiger partial charge in [-0.1, -0.05) is 36.4 Å². The van der Waals surface area contributed by atoms with Gasteiger partial charge in [0.1, 0.15) is 16.9 Å². The van der Waals surface area contributed by atoms with E-state index in [1.54, 1.807) is 19.9 Å². The molecular formula is C22H19NO5.